The fraction of sp³-hybridized carbons (Fsp3) is 0.259. The van der Waals surface area contributed by atoms with E-state index in [9.17, 15) is 5.11 Å². The van der Waals surface area contributed by atoms with E-state index in [1.807, 2.05) is 72.8 Å². The van der Waals surface area contributed by atoms with E-state index >= 15 is 0 Å². The quantitative estimate of drug-likeness (QED) is 0.336. The second-order valence-electron chi connectivity index (χ2n) is 8.86. The molecule has 0 fully saturated rings. The molecule has 0 aliphatic rings. The van der Waals surface area contributed by atoms with Crippen molar-refractivity contribution in [1.82, 2.24) is 19.9 Å². The van der Waals surface area contributed by atoms with E-state index in [4.69, 9.17) is 11.5 Å². The van der Waals surface area contributed by atoms with E-state index < -0.39 is 17.2 Å². The van der Waals surface area contributed by atoms with Gasteiger partial charge in [0.15, 0.2) is 0 Å². The van der Waals surface area contributed by atoms with Gasteiger partial charge in [-0.2, -0.15) is 0 Å². The highest BCUT2D eigenvalue weighted by Gasteiger charge is 2.47. The first-order valence-electron chi connectivity index (χ1n) is 11.3. The summed E-state index contributed by atoms with van der Waals surface area (Å²) in [5.74, 6) is 0. The SMILES string of the molecule is NC(Cc1ccccn1)(Cc1ccccn1)C(O)C(N)(Cc1ccccn1)Cc1ccccn1. The maximum atomic E-state index is 12.0. The van der Waals surface area contributed by atoms with Gasteiger partial charge >= 0.3 is 0 Å². The van der Waals surface area contributed by atoms with Gasteiger partial charge < -0.3 is 16.6 Å². The van der Waals surface area contributed by atoms with E-state index in [0.29, 0.717) is 25.7 Å². The Labute approximate surface area is 200 Å². The molecule has 4 heterocycles. The van der Waals surface area contributed by atoms with E-state index in [2.05, 4.69) is 19.9 Å². The molecule has 0 aliphatic heterocycles. The van der Waals surface area contributed by atoms with Crippen LogP contribution in [0.3, 0.4) is 0 Å². The number of nitrogens with two attached hydrogens (primary N) is 2. The molecule has 0 aliphatic carbocycles. The van der Waals surface area contributed by atoms with Crippen LogP contribution < -0.4 is 11.5 Å². The minimum absolute atomic E-state index is 0.328. The van der Waals surface area contributed by atoms with Gasteiger partial charge in [0.05, 0.1) is 17.2 Å². The lowest BCUT2D eigenvalue weighted by Crippen LogP contribution is -2.69. The summed E-state index contributed by atoms with van der Waals surface area (Å²) < 4.78 is 0. The molecule has 5 N–H and O–H groups in total. The molecule has 4 aromatic rings. The fourth-order valence-corrected chi connectivity index (χ4v) is 4.44. The molecule has 4 rings (SSSR count). The molecule has 0 saturated carbocycles. The molecule has 0 bridgehead atoms. The predicted octanol–water partition coefficient (Wildman–Crippen LogP) is 2.29. The lowest BCUT2D eigenvalue weighted by molar-refractivity contribution is 0.0114. The molecular weight excluding hydrogens is 424 g/mol. The highest BCUT2D eigenvalue weighted by molar-refractivity contribution is 5.23. The van der Waals surface area contributed by atoms with Crippen molar-refractivity contribution < 1.29 is 5.11 Å². The third kappa shape index (κ3) is 5.88. The summed E-state index contributed by atoms with van der Waals surface area (Å²) >= 11 is 0. The molecule has 7 heteroatoms. The van der Waals surface area contributed by atoms with Crippen LogP contribution in [-0.2, 0) is 25.7 Å². The summed E-state index contributed by atoms with van der Waals surface area (Å²) in [6.45, 7) is 0. The van der Waals surface area contributed by atoms with E-state index in [1.165, 1.54) is 0 Å². The Kier molecular flexibility index (Phi) is 7.37. The minimum Gasteiger partial charge on any atom is -0.389 e. The van der Waals surface area contributed by atoms with Crippen molar-refractivity contribution in [3.63, 3.8) is 0 Å². The Morgan fingerprint density at radius 2 is 0.794 bits per heavy atom. The molecule has 0 atom stereocenters. The number of rotatable bonds is 10. The highest BCUT2D eigenvalue weighted by atomic mass is 16.3. The van der Waals surface area contributed by atoms with Crippen molar-refractivity contribution in [3.8, 4) is 0 Å². The van der Waals surface area contributed by atoms with Crippen molar-refractivity contribution in [1.29, 1.82) is 0 Å². The summed E-state index contributed by atoms with van der Waals surface area (Å²) in [6.07, 6.45) is 7.09. The molecular formula is C27H30N6O. The van der Waals surface area contributed by atoms with Gasteiger partial charge in [0.1, 0.15) is 0 Å². The maximum absolute atomic E-state index is 12.0. The van der Waals surface area contributed by atoms with E-state index in [0.717, 1.165) is 22.8 Å². The molecule has 0 spiro atoms. The number of hydrogen-bond acceptors (Lipinski definition) is 7. The van der Waals surface area contributed by atoms with Gasteiger partial charge in [-0.25, -0.2) is 0 Å². The van der Waals surface area contributed by atoms with Crippen molar-refractivity contribution in [2.75, 3.05) is 0 Å². The molecule has 0 unspecified atom stereocenters. The van der Waals surface area contributed by atoms with Gasteiger partial charge in [0, 0.05) is 73.2 Å². The average molecular weight is 455 g/mol. The van der Waals surface area contributed by atoms with Crippen LogP contribution in [0.4, 0.5) is 0 Å². The van der Waals surface area contributed by atoms with Gasteiger partial charge in [-0.1, -0.05) is 24.3 Å². The molecule has 7 nitrogen and oxygen atoms in total. The number of pyridine rings is 4. The Bertz CT molecular complexity index is 967. The summed E-state index contributed by atoms with van der Waals surface area (Å²) in [6, 6.07) is 22.7. The molecule has 0 saturated heterocycles. The first-order chi connectivity index (χ1) is 16.5. The second kappa shape index (κ2) is 10.6. The van der Waals surface area contributed by atoms with Crippen LogP contribution in [0, 0.1) is 0 Å². The molecule has 0 radical (unpaired) electrons. The Hall–Kier alpha value is -3.52. The first kappa shape index (κ1) is 23.6. The normalized spacial score (nSPS) is 12.1. The monoisotopic (exact) mass is 454 g/mol. The number of nitrogens with zero attached hydrogens (tertiary/aromatic N) is 4. The van der Waals surface area contributed by atoms with Crippen molar-refractivity contribution in [3.05, 3.63) is 120 Å². The highest BCUT2D eigenvalue weighted by Crippen LogP contribution is 2.29. The van der Waals surface area contributed by atoms with Crippen LogP contribution in [0.1, 0.15) is 22.8 Å². The van der Waals surface area contributed by atoms with Crippen LogP contribution >= 0.6 is 0 Å². The van der Waals surface area contributed by atoms with Gasteiger partial charge in [-0.15, -0.1) is 0 Å². The third-order valence-corrected chi connectivity index (χ3v) is 6.03. The summed E-state index contributed by atoms with van der Waals surface area (Å²) in [7, 11) is 0. The third-order valence-electron chi connectivity index (χ3n) is 6.03. The number of aliphatic hydroxyl groups excluding tert-OH is 1. The molecule has 34 heavy (non-hydrogen) atoms. The zero-order chi connectivity index (χ0) is 23.9. The van der Waals surface area contributed by atoms with Crippen LogP contribution in [-0.4, -0.2) is 42.2 Å². The van der Waals surface area contributed by atoms with Gasteiger partial charge in [0.25, 0.3) is 0 Å². The van der Waals surface area contributed by atoms with Crippen molar-refractivity contribution in [2.45, 2.75) is 42.9 Å². The largest absolute Gasteiger partial charge is 0.389 e. The van der Waals surface area contributed by atoms with Crippen molar-refractivity contribution >= 4 is 0 Å². The van der Waals surface area contributed by atoms with Crippen LogP contribution in [0.2, 0.25) is 0 Å². The fourth-order valence-electron chi connectivity index (χ4n) is 4.44. The smallest absolute Gasteiger partial charge is 0.0913 e. The van der Waals surface area contributed by atoms with Crippen LogP contribution in [0.15, 0.2) is 97.6 Å². The zero-order valence-corrected chi connectivity index (χ0v) is 19.0. The number of aliphatic hydroxyl groups is 1. The van der Waals surface area contributed by atoms with Gasteiger partial charge in [-0.05, 0) is 48.5 Å². The molecule has 0 aromatic carbocycles. The summed E-state index contributed by atoms with van der Waals surface area (Å²) in [4.78, 5) is 17.8. The number of aromatic nitrogens is 4. The molecule has 4 aromatic heterocycles. The second-order valence-corrected chi connectivity index (χ2v) is 8.86. The standard InChI is InChI=1S/C27H30N6O/c28-26(17-21-9-1-5-13-30-21,18-22-10-2-6-14-31-22)25(34)27(29,19-23-11-3-7-15-32-23)20-24-12-4-8-16-33-24/h1-16,25,34H,17-20,28-29H2. The van der Waals surface area contributed by atoms with Crippen LogP contribution in [0.5, 0.6) is 0 Å². The summed E-state index contributed by atoms with van der Waals surface area (Å²) in [5.41, 5.74) is 14.9. The average Bonchev–Trinajstić information content (AvgIpc) is 2.86. The maximum Gasteiger partial charge on any atom is 0.0913 e. The zero-order valence-electron chi connectivity index (χ0n) is 19.0. The molecule has 0 amide bonds. The topological polar surface area (TPSA) is 124 Å². The predicted molar refractivity (Wildman–Crippen MR) is 132 cm³/mol. The van der Waals surface area contributed by atoms with E-state index in [1.54, 1.807) is 24.8 Å². The van der Waals surface area contributed by atoms with E-state index in [-0.39, 0.29) is 0 Å². The molecule has 174 valence electrons. The van der Waals surface area contributed by atoms with Gasteiger partial charge in [0.2, 0.25) is 0 Å². The Morgan fingerprint density at radius 3 is 1.00 bits per heavy atom. The van der Waals surface area contributed by atoms with Gasteiger partial charge in [-0.3, -0.25) is 19.9 Å². The summed E-state index contributed by atoms with van der Waals surface area (Å²) in [5, 5.41) is 12.0. The van der Waals surface area contributed by atoms with Crippen molar-refractivity contribution in [2.24, 2.45) is 11.5 Å². The lowest BCUT2D eigenvalue weighted by Gasteiger charge is -2.44. The first-order valence-corrected chi connectivity index (χ1v) is 11.3. The Morgan fingerprint density at radius 1 is 0.529 bits per heavy atom. The Balaban J connectivity index is 1.73. The lowest BCUT2D eigenvalue weighted by atomic mass is 9.71. The number of hydrogen-bond donors (Lipinski definition) is 3. The minimum atomic E-state index is -1.14. The van der Waals surface area contributed by atoms with Crippen LogP contribution in [0.25, 0.3) is 0 Å².